The van der Waals surface area contributed by atoms with Crippen molar-refractivity contribution in [1.82, 2.24) is 4.90 Å². The van der Waals surface area contributed by atoms with E-state index in [-0.39, 0.29) is 11.8 Å². The van der Waals surface area contributed by atoms with Gasteiger partial charge in [0.2, 0.25) is 0 Å². The normalized spacial score (nSPS) is 22.9. The van der Waals surface area contributed by atoms with E-state index < -0.39 is 0 Å². The van der Waals surface area contributed by atoms with E-state index in [4.69, 9.17) is 4.74 Å². The largest absolute Gasteiger partial charge is 0.508 e. The van der Waals surface area contributed by atoms with E-state index in [1.54, 1.807) is 13.2 Å². The molecular formula is C19H21NO3. The highest BCUT2D eigenvalue weighted by molar-refractivity contribution is 5.50. The summed E-state index contributed by atoms with van der Waals surface area (Å²) in [6, 6.07) is 10.0. The van der Waals surface area contributed by atoms with E-state index in [0.717, 1.165) is 19.4 Å². The number of aromatic hydroxyl groups is 2. The maximum atomic E-state index is 10.2. The Morgan fingerprint density at radius 2 is 1.91 bits per heavy atom. The van der Waals surface area contributed by atoms with E-state index >= 15 is 0 Å². The number of ether oxygens (including phenoxy) is 1. The third-order valence-corrected chi connectivity index (χ3v) is 5.33. The highest BCUT2D eigenvalue weighted by Gasteiger charge is 2.36. The first kappa shape index (κ1) is 14.4. The van der Waals surface area contributed by atoms with Crippen molar-refractivity contribution in [3.05, 3.63) is 52.6 Å². The minimum Gasteiger partial charge on any atom is -0.508 e. The molecule has 0 amide bonds. The molecule has 0 spiro atoms. The van der Waals surface area contributed by atoms with Gasteiger partial charge in [-0.2, -0.15) is 0 Å². The minimum absolute atomic E-state index is 0.197. The number of rotatable bonds is 1. The highest BCUT2D eigenvalue weighted by atomic mass is 16.5. The summed E-state index contributed by atoms with van der Waals surface area (Å²) in [7, 11) is 1.58. The number of nitrogens with zero attached hydrogens (tertiary/aromatic N) is 1. The summed E-state index contributed by atoms with van der Waals surface area (Å²) in [6.45, 7) is 3.21. The molecule has 2 aromatic rings. The van der Waals surface area contributed by atoms with E-state index in [0.29, 0.717) is 17.5 Å². The Hall–Kier alpha value is -2.20. The third kappa shape index (κ3) is 2.17. The highest BCUT2D eigenvalue weighted by Crippen LogP contribution is 2.46. The van der Waals surface area contributed by atoms with Crippen LogP contribution in [0.1, 0.15) is 41.3 Å². The number of methoxy groups -OCH3 is 1. The number of benzene rings is 2. The maximum absolute atomic E-state index is 10.2. The van der Waals surface area contributed by atoms with Gasteiger partial charge in [-0.3, -0.25) is 4.90 Å². The summed E-state index contributed by atoms with van der Waals surface area (Å²) < 4.78 is 5.24. The average molecular weight is 311 g/mol. The second kappa shape index (κ2) is 5.17. The van der Waals surface area contributed by atoms with Crippen molar-refractivity contribution in [2.24, 2.45) is 0 Å². The lowest BCUT2D eigenvalue weighted by atomic mass is 9.81. The molecule has 23 heavy (non-hydrogen) atoms. The van der Waals surface area contributed by atoms with Crippen LogP contribution in [0.25, 0.3) is 0 Å². The zero-order valence-corrected chi connectivity index (χ0v) is 13.4. The summed E-state index contributed by atoms with van der Waals surface area (Å²) in [6.07, 6.45) is 1.81. The van der Waals surface area contributed by atoms with Crippen LogP contribution in [0.2, 0.25) is 0 Å². The Labute approximate surface area is 135 Å². The van der Waals surface area contributed by atoms with E-state index in [9.17, 15) is 10.2 Å². The molecule has 120 valence electrons. The molecule has 2 heterocycles. The Morgan fingerprint density at radius 3 is 2.70 bits per heavy atom. The molecule has 0 saturated heterocycles. The molecular weight excluding hydrogens is 290 g/mol. The minimum atomic E-state index is 0.197. The van der Waals surface area contributed by atoms with Gasteiger partial charge in [0.15, 0.2) is 11.5 Å². The Morgan fingerprint density at radius 1 is 1.09 bits per heavy atom. The number of hydrogen-bond acceptors (Lipinski definition) is 4. The lowest BCUT2D eigenvalue weighted by Crippen LogP contribution is -2.41. The van der Waals surface area contributed by atoms with Crippen LogP contribution in [-0.2, 0) is 12.8 Å². The smallest absolute Gasteiger partial charge is 0.160 e. The van der Waals surface area contributed by atoms with Crippen molar-refractivity contribution < 1.29 is 14.9 Å². The van der Waals surface area contributed by atoms with E-state index in [1.165, 1.54) is 22.3 Å². The molecule has 0 fully saturated rings. The molecule has 4 rings (SSSR count). The van der Waals surface area contributed by atoms with Crippen molar-refractivity contribution in [2.45, 2.75) is 31.8 Å². The average Bonchev–Trinajstić information content (AvgIpc) is 2.54. The molecule has 0 aliphatic carbocycles. The van der Waals surface area contributed by atoms with Crippen LogP contribution >= 0.6 is 0 Å². The van der Waals surface area contributed by atoms with Crippen LogP contribution < -0.4 is 4.74 Å². The van der Waals surface area contributed by atoms with Crippen LogP contribution in [0.5, 0.6) is 17.2 Å². The molecule has 0 bridgehead atoms. The van der Waals surface area contributed by atoms with Crippen molar-refractivity contribution in [3.63, 3.8) is 0 Å². The lowest BCUT2D eigenvalue weighted by molar-refractivity contribution is 0.117. The van der Waals surface area contributed by atoms with Crippen LogP contribution in [0.15, 0.2) is 30.3 Å². The number of fused-ring (bicyclic) bond motifs is 4. The molecule has 4 heteroatoms. The number of hydrogen-bond donors (Lipinski definition) is 2. The molecule has 2 aliphatic heterocycles. The van der Waals surface area contributed by atoms with Crippen LogP contribution in [0.3, 0.4) is 0 Å². The topological polar surface area (TPSA) is 52.9 Å². The van der Waals surface area contributed by atoms with Gasteiger partial charge in [0.25, 0.3) is 0 Å². The molecule has 0 radical (unpaired) electrons. The van der Waals surface area contributed by atoms with Gasteiger partial charge >= 0.3 is 0 Å². The summed E-state index contributed by atoms with van der Waals surface area (Å²) >= 11 is 0. The fourth-order valence-corrected chi connectivity index (χ4v) is 4.16. The van der Waals surface area contributed by atoms with Gasteiger partial charge in [-0.25, -0.2) is 0 Å². The van der Waals surface area contributed by atoms with Crippen molar-refractivity contribution >= 4 is 0 Å². The second-order valence-corrected chi connectivity index (χ2v) is 6.49. The van der Waals surface area contributed by atoms with Gasteiger partial charge in [-0.15, -0.1) is 0 Å². The molecule has 0 saturated carbocycles. The fourth-order valence-electron chi connectivity index (χ4n) is 4.16. The van der Waals surface area contributed by atoms with Crippen LogP contribution in [0.4, 0.5) is 0 Å². The Balaban J connectivity index is 1.81. The molecule has 2 atom stereocenters. The van der Waals surface area contributed by atoms with E-state index in [2.05, 4.69) is 11.8 Å². The molecule has 4 nitrogen and oxygen atoms in total. The van der Waals surface area contributed by atoms with Gasteiger partial charge in [-0.1, -0.05) is 6.07 Å². The van der Waals surface area contributed by atoms with E-state index in [1.807, 2.05) is 24.3 Å². The standard InChI is InChI=1S/C19H21NO3/c1-11-15-4-3-14(21)7-13(15)8-17-16-10-18(22)19(23-2)9-12(16)5-6-20(11)17/h3-4,7,9-11,17,21-22H,5-6,8H2,1-2H3. The first-order valence-electron chi connectivity index (χ1n) is 8.06. The van der Waals surface area contributed by atoms with Crippen molar-refractivity contribution in [2.75, 3.05) is 13.7 Å². The maximum Gasteiger partial charge on any atom is 0.160 e. The molecule has 2 N–H and O–H groups in total. The summed E-state index contributed by atoms with van der Waals surface area (Å²) in [5, 5.41) is 20.0. The molecule has 2 aliphatic rings. The zero-order chi connectivity index (χ0) is 16.1. The van der Waals surface area contributed by atoms with Crippen LogP contribution in [0, 0.1) is 0 Å². The molecule has 0 aromatic heterocycles. The fraction of sp³-hybridized carbons (Fsp3) is 0.368. The molecule has 2 aromatic carbocycles. The van der Waals surface area contributed by atoms with Gasteiger partial charge in [0.05, 0.1) is 7.11 Å². The predicted molar refractivity (Wildman–Crippen MR) is 88.0 cm³/mol. The Kier molecular flexibility index (Phi) is 3.23. The van der Waals surface area contributed by atoms with Gasteiger partial charge in [0, 0.05) is 18.6 Å². The number of phenols is 2. The van der Waals surface area contributed by atoms with Crippen molar-refractivity contribution in [1.29, 1.82) is 0 Å². The SMILES string of the molecule is COc1cc2c(cc1O)C1Cc3cc(O)ccc3C(C)N1CC2. The first-order chi connectivity index (χ1) is 11.1. The first-order valence-corrected chi connectivity index (χ1v) is 8.06. The van der Waals surface area contributed by atoms with Gasteiger partial charge in [0.1, 0.15) is 5.75 Å². The summed E-state index contributed by atoms with van der Waals surface area (Å²) in [5.74, 6) is 1.06. The third-order valence-electron chi connectivity index (χ3n) is 5.33. The van der Waals surface area contributed by atoms with Gasteiger partial charge in [-0.05, 0) is 66.3 Å². The van der Waals surface area contributed by atoms with Gasteiger partial charge < -0.3 is 14.9 Å². The Bertz CT molecular complexity index is 771. The lowest BCUT2D eigenvalue weighted by Gasteiger charge is -2.45. The summed E-state index contributed by atoms with van der Waals surface area (Å²) in [5.41, 5.74) is 4.91. The quantitative estimate of drug-likeness (QED) is 0.848. The second-order valence-electron chi connectivity index (χ2n) is 6.49. The zero-order valence-electron chi connectivity index (χ0n) is 13.4. The van der Waals surface area contributed by atoms with Crippen LogP contribution in [-0.4, -0.2) is 28.8 Å². The van der Waals surface area contributed by atoms with Crippen molar-refractivity contribution in [3.8, 4) is 17.2 Å². The number of phenolic OH excluding ortho intramolecular Hbond substituents is 2. The predicted octanol–water partition coefficient (Wildman–Crippen LogP) is 3.32. The monoisotopic (exact) mass is 311 g/mol. The summed E-state index contributed by atoms with van der Waals surface area (Å²) in [4.78, 5) is 2.49. The molecule has 2 unspecified atom stereocenters.